The van der Waals surface area contributed by atoms with Crippen LogP contribution in [0.1, 0.15) is 34.1 Å². The number of hydrogen-bond acceptors (Lipinski definition) is 3. The molecule has 0 heterocycles. The molecule has 0 aliphatic rings. The summed E-state index contributed by atoms with van der Waals surface area (Å²) in [5.41, 5.74) is -1.32. The SMILES string of the molecule is CC(C)(NCCCO)C(C)(C)C(=O)O. The summed E-state index contributed by atoms with van der Waals surface area (Å²) >= 11 is 0. The molecular weight excluding hydrogens is 182 g/mol. The van der Waals surface area contributed by atoms with Gasteiger partial charge in [-0.1, -0.05) is 0 Å². The van der Waals surface area contributed by atoms with Crippen molar-refractivity contribution in [3.05, 3.63) is 0 Å². The summed E-state index contributed by atoms with van der Waals surface area (Å²) in [6.45, 7) is 7.86. The number of hydrogen-bond donors (Lipinski definition) is 3. The van der Waals surface area contributed by atoms with E-state index in [9.17, 15) is 4.79 Å². The van der Waals surface area contributed by atoms with Crippen LogP contribution in [0.5, 0.6) is 0 Å². The maximum atomic E-state index is 11.0. The number of rotatable bonds is 6. The first-order valence-corrected chi connectivity index (χ1v) is 4.85. The fourth-order valence-corrected chi connectivity index (χ4v) is 0.968. The molecule has 0 unspecified atom stereocenters. The molecule has 0 bridgehead atoms. The average molecular weight is 203 g/mol. The van der Waals surface area contributed by atoms with Crippen molar-refractivity contribution in [3.63, 3.8) is 0 Å². The van der Waals surface area contributed by atoms with Gasteiger partial charge < -0.3 is 15.5 Å². The highest BCUT2D eigenvalue weighted by Crippen LogP contribution is 2.30. The average Bonchev–Trinajstić information content (AvgIpc) is 2.04. The van der Waals surface area contributed by atoms with Crippen LogP contribution in [0, 0.1) is 5.41 Å². The second-order valence-corrected chi connectivity index (χ2v) is 4.56. The van der Waals surface area contributed by atoms with Gasteiger partial charge in [-0.25, -0.2) is 0 Å². The molecule has 0 rings (SSSR count). The monoisotopic (exact) mass is 203 g/mol. The Hall–Kier alpha value is -0.610. The lowest BCUT2D eigenvalue weighted by atomic mass is 9.74. The molecule has 84 valence electrons. The highest BCUT2D eigenvalue weighted by Gasteiger charge is 2.42. The van der Waals surface area contributed by atoms with Crippen LogP contribution in [-0.4, -0.2) is 34.9 Å². The van der Waals surface area contributed by atoms with Gasteiger partial charge in [0.15, 0.2) is 0 Å². The minimum atomic E-state index is -0.831. The number of aliphatic hydroxyl groups excluding tert-OH is 1. The summed E-state index contributed by atoms with van der Waals surface area (Å²) in [6.07, 6.45) is 0.638. The standard InChI is InChI=1S/C10H21NO3/c1-9(2,8(13)14)10(3,4)11-6-5-7-12/h11-12H,5-7H2,1-4H3,(H,13,14). The molecule has 0 fully saturated rings. The molecular formula is C10H21NO3. The van der Waals surface area contributed by atoms with Crippen molar-refractivity contribution < 1.29 is 15.0 Å². The summed E-state index contributed by atoms with van der Waals surface area (Å²) < 4.78 is 0. The first kappa shape index (κ1) is 13.4. The first-order chi connectivity index (χ1) is 6.25. The molecule has 4 heteroatoms. The molecule has 0 atom stereocenters. The van der Waals surface area contributed by atoms with E-state index in [0.29, 0.717) is 13.0 Å². The van der Waals surface area contributed by atoms with E-state index in [-0.39, 0.29) is 6.61 Å². The number of aliphatic carboxylic acids is 1. The van der Waals surface area contributed by atoms with Crippen molar-refractivity contribution in [2.75, 3.05) is 13.2 Å². The molecule has 0 radical (unpaired) electrons. The van der Waals surface area contributed by atoms with Gasteiger partial charge in [-0.3, -0.25) is 4.79 Å². The van der Waals surface area contributed by atoms with Gasteiger partial charge in [0.2, 0.25) is 0 Å². The second-order valence-electron chi connectivity index (χ2n) is 4.56. The predicted molar refractivity (Wildman–Crippen MR) is 55.2 cm³/mol. The van der Waals surface area contributed by atoms with E-state index in [4.69, 9.17) is 10.2 Å². The Morgan fingerprint density at radius 3 is 2.14 bits per heavy atom. The maximum Gasteiger partial charge on any atom is 0.310 e. The Labute approximate surface area is 85.3 Å². The van der Waals surface area contributed by atoms with E-state index < -0.39 is 16.9 Å². The third-order valence-corrected chi connectivity index (χ3v) is 3.00. The van der Waals surface area contributed by atoms with Crippen LogP contribution < -0.4 is 5.32 Å². The molecule has 0 aliphatic carbocycles. The zero-order chi connectivity index (χ0) is 11.4. The number of carboxylic acids is 1. The molecule has 4 nitrogen and oxygen atoms in total. The highest BCUT2D eigenvalue weighted by molar-refractivity contribution is 5.75. The molecule has 0 saturated heterocycles. The van der Waals surface area contributed by atoms with Gasteiger partial charge in [-0.05, 0) is 40.7 Å². The second kappa shape index (κ2) is 4.75. The zero-order valence-electron chi connectivity index (χ0n) is 9.42. The van der Waals surface area contributed by atoms with E-state index >= 15 is 0 Å². The van der Waals surface area contributed by atoms with Crippen molar-refractivity contribution in [3.8, 4) is 0 Å². The van der Waals surface area contributed by atoms with Crippen LogP contribution >= 0.6 is 0 Å². The van der Waals surface area contributed by atoms with Crippen molar-refractivity contribution in [1.29, 1.82) is 0 Å². The molecule has 0 spiro atoms. The maximum absolute atomic E-state index is 11.0. The Morgan fingerprint density at radius 1 is 1.29 bits per heavy atom. The Kier molecular flexibility index (Phi) is 4.55. The van der Waals surface area contributed by atoms with Gasteiger partial charge in [0.1, 0.15) is 0 Å². The van der Waals surface area contributed by atoms with E-state index in [1.165, 1.54) is 0 Å². The zero-order valence-corrected chi connectivity index (χ0v) is 9.42. The van der Waals surface area contributed by atoms with Crippen molar-refractivity contribution in [2.45, 2.75) is 39.7 Å². The van der Waals surface area contributed by atoms with Crippen LogP contribution in [0.2, 0.25) is 0 Å². The van der Waals surface area contributed by atoms with Crippen LogP contribution in [0.3, 0.4) is 0 Å². The summed E-state index contributed by atoms with van der Waals surface area (Å²) in [4.78, 5) is 11.0. The van der Waals surface area contributed by atoms with Gasteiger partial charge in [0, 0.05) is 12.1 Å². The smallest absolute Gasteiger partial charge is 0.310 e. The topological polar surface area (TPSA) is 69.6 Å². The molecule has 0 aromatic heterocycles. The normalized spacial score (nSPS) is 12.9. The lowest BCUT2D eigenvalue weighted by Gasteiger charge is -2.39. The Balaban J connectivity index is 4.36. The largest absolute Gasteiger partial charge is 0.481 e. The van der Waals surface area contributed by atoms with Crippen molar-refractivity contribution in [2.24, 2.45) is 5.41 Å². The van der Waals surface area contributed by atoms with E-state index in [1.807, 2.05) is 13.8 Å². The number of carboxylic acid groups (broad SMARTS) is 1. The lowest BCUT2D eigenvalue weighted by Crippen LogP contribution is -2.55. The van der Waals surface area contributed by atoms with Gasteiger partial charge in [-0.15, -0.1) is 0 Å². The molecule has 0 aliphatic heterocycles. The molecule has 0 amide bonds. The van der Waals surface area contributed by atoms with E-state index in [2.05, 4.69) is 5.32 Å². The fourth-order valence-electron chi connectivity index (χ4n) is 0.968. The molecule has 0 saturated carbocycles. The minimum absolute atomic E-state index is 0.122. The Bertz CT molecular complexity index is 200. The quantitative estimate of drug-likeness (QED) is 0.560. The van der Waals surface area contributed by atoms with E-state index in [0.717, 1.165) is 0 Å². The number of carbonyl (C=O) groups is 1. The van der Waals surface area contributed by atoms with Gasteiger partial charge >= 0.3 is 5.97 Å². The first-order valence-electron chi connectivity index (χ1n) is 4.85. The molecule has 0 aromatic rings. The third kappa shape index (κ3) is 2.96. The van der Waals surface area contributed by atoms with Crippen LogP contribution in [-0.2, 0) is 4.79 Å². The molecule has 0 aromatic carbocycles. The van der Waals surface area contributed by atoms with Gasteiger partial charge in [-0.2, -0.15) is 0 Å². The minimum Gasteiger partial charge on any atom is -0.481 e. The predicted octanol–water partition coefficient (Wildman–Crippen LogP) is 0.848. The van der Waals surface area contributed by atoms with Crippen LogP contribution in [0.4, 0.5) is 0 Å². The summed E-state index contributed by atoms with van der Waals surface area (Å²) in [5.74, 6) is -0.820. The summed E-state index contributed by atoms with van der Waals surface area (Å²) in [7, 11) is 0. The molecule has 3 N–H and O–H groups in total. The number of aliphatic hydroxyl groups is 1. The molecule has 14 heavy (non-hydrogen) atoms. The lowest BCUT2D eigenvalue weighted by molar-refractivity contribution is -0.151. The van der Waals surface area contributed by atoms with Crippen molar-refractivity contribution in [1.82, 2.24) is 5.32 Å². The fraction of sp³-hybridized carbons (Fsp3) is 0.900. The van der Waals surface area contributed by atoms with Crippen LogP contribution in [0.25, 0.3) is 0 Å². The van der Waals surface area contributed by atoms with Crippen molar-refractivity contribution >= 4 is 5.97 Å². The summed E-state index contributed by atoms with van der Waals surface area (Å²) in [5, 5.41) is 20.8. The number of nitrogens with one attached hydrogen (secondary N) is 1. The van der Waals surface area contributed by atoms with Gasteiger partial charge in [0.05, 0.1) is 5.41 Å². The third-order valence-electron chi connectivity index (χ3n) is 3.00. The highest BCUT2D eigenvalue weighted by atomic mass is 16.4. The Morgan fingerprint density at radius 2 is 1.79 bits per heavy atom. The van der Waals surface area contributed by atoms with Crippen LogP contribution in [0.15, 0.2) is 0 Å². The summed E-state index contributed by atoms with van der Waals surface area (Å²) in [6, 6.07) is 0. The van der Waals surface area contributed by atoms with E-state index in [1.54, 1.807) is 13.8 Å². The van der Waals surface area contributed by atoms with Gasteiger partial charge in [0.25, 0.3) is 0 Å².